The number of carbonyl (C=O) groups excluding carboxylic acids is 2. The van der Waals surface area contributed by atoms with Gasteiger partial charge in [-0.2, -0.15) is 11.8 Å². The summed E-state index contributed by atoms with van der Waals surface area (Å²) in [5, 5.41) is 5.88. The quantitative estimate of drug-likeness (QED) is 0.581. The molecule has 0 bridgehead atoms. The Hall–Kier alpha value is -1.49. The largest absolute Gasteiger partial charge is 0.354 e. The third-order valence-corrected chi connectivity index (χ3v) is 5.15. The summed E-state index contributed by atoms with van der Waals surface area (Å²) in [6, 6.07) is 7.14. The maximum Gasteiger partial charge on any atom is 0.251 e. The topological polar surface area (TPSA) is 58.2 Å². The van der Waals surface area contributed by atoms with Crippen molar-refractivity contribution in [1.82, 2.24) is 10.6 Å². The number of nitrogens with one attached hydrogen (secondary N) is 2. The number of benzene rings is 1. The normalized spacial score (nSPS) is 12.7. The van der Waals surface area contributed by atoms with Gasteiger partial charge in [0.05, 0.1) is 0 Å². The second-order valence-electron chi connectivity index (χ2n) is 8.46. The summed E-state index contributed by atoms with van der Waals surface area (Å²) in [6.07, 6.45) is 4.68. The summed E-state index contributed by atoms with van der Waals surface area (Å²) in [5.74, 6) is 1.17. The summed E-state index contributed by atoms with van der Waals surface area (Å²) in [7, 11) is 0. The van der Waals surface area contributed by atoms with E-state index in [2.05, 4.69) is 45.3 Å². The molecule has 1 rings (SSSR count). The second kappa shape index (κ2) is 11.4. The van der Waals surface area contributed by atoms with Gasteiger partial charge in [0.15, 0.2) is 0 Å². The first kappa shape index (κ1) is 23.5. The van der Waals surface area contributed by atoms with Gasteiger partial charge < -0.3 is 10.6 Å². The number of hydrogen-bond donors (Lipinski definition) is 2. The average molecular weight is 393 g/mol. The maximum absolute atomic E-state index is 12.6. The van der Waals surface area contributed by atoms with Crippen molar-refractivity contribution in [3.63, 3.8) is 0 Å². The van der Waals surface area contributed by atoms with Crippen molar-refractivity contribution in [2.24, 2.45) is 5.92 Å². The van der Waals surface area contributed by atoms with E-state index in [9.17, 15) is 9.59 Å². The van der Waals surface area contributed by atoms with Crippen LogP contribution in [0.3, 0.4) is 0 Å². The molecule has 0 fully saturated rings. The number of carbonyl (C=O) groups is 2. The van der Waals surface area contributed by atoms with Gasteiger partial charge in [0.1, 0.15) is 6.04 Å². The van der Waals surface area contributed by atoms with Crippen LogP contribution in [0.1, 0.15) is 69.8 Å². The zero-order valence-corrected chi connectivity index (χ0v) is 18.5. The van der Waals surface area contributed by atoms with E-state index >= 15 is 0 Å². The third-order valence-electron chi connectivity index (χ3n) is 4.50. The monoisotopic (exact) mass is 392 g/mol. The van der Waals surface area contributed by atoms with Crippen molar-refractivity contribution < 1.29 is 9.59 Å². The minimum atomic E-state index is -0.494. The van der Waals surface area contributed by atoms with E-state index in [0.29, 0.717) is 24.4 Å². The summed E-state index contributed by atoms with van der Waals surface area (Å²) < 4.78 is 0. The summed E-state index contributed by atoms with van der Waals surface area (Å²) in [5.41, 5.74) is 1.82. The van der Waals surface area contributed by atoms with Crippen LogP contribution in [-0.2, 0) is 10.2 Å². The lowest BCUT2D eigenvalue weighted by Crippen LogP contribution is -2.47. The van der Waals surface area contributed by atoms with E-state index in [1.54, 1.807) is 11.8 Å². The highest BCUT2D eigenvalue weighted by Gasteiger charge is 2.21. The molecule has 1 aromatic carbocycles. The fourth-order valence-corrected chi connectivity index (χ4v) is 3.18. The SMILES string of the molecule is CSCCC(NC(=O)c1ccc(C(C)(C)C)cc1)C(=O)NCCCC(C)C. The molecule has 0 saturated carbocycles. The smallest absolute Gasteiger partial charge is 0.251 e. The molecule has 4 nitrogen and oxygen atoms in total. The average Bonchev–Trinajstić information content (AvgIpc) is 2.61. The van der Waals surface area contributed by atoms with E-state index < -0.39 is 6.04 Å². The van der Waals surface area contributed by atoms with Gasteiger partial charge in [-0.15, -0.1) is 0 Å². The Morgan fingerprint density at radius 2 is 1.70 bits per heavy atom. The molecule has 27 heavy (non-hydrogen) atoms. The van der Waals surface area contributed by atoms with Crippen LogP contribution in [-0.4, -0.2) is 36.4 Å². The van der Waals surface area contributed by atoms with Crippen LogP contribution in [0.5, 0.6) is 0 Å². The van der Waals surface area contributed by atoms with Gasteiger partial charge in [-0.1, -0.05) is 46.8 Å². The highest BCUT2D eigenvalue weighted by Crippen LogP contribution is 2.22. The Morgan fingerprint density at radius 1 is 1.07 bits per heavy atom. The Labute approximate surface area is 169 Å². The lowest BCUT2D eigenvalue weighted by atomic mass is 9.86. The van der Waals surface area contributed by atoms with Gasteiger partial charge in [0.25, 0.3) is 5.91 Å². The molecule has 0 aliphatic carbocycles. The molecule has 0 spiro atoms. The van der Waals surface area contributed by atoms with Crippen LogP contribution in [0, 0.1) is 5.92 Å². The summed E-state index contributed by atoms with van der Waals surface area (Å²) >= 11 is 1.68. The number of thioether (sulfide) groups is 1. The highest BCUT2D eigenvalue weighted by molar-refractivity contribution is 7.98. The molecular formula is C22H36N2O2S. The molecule has 0 saturated heterocycles. The first-order valence-corrected chi connectivity index (χ1v) is 11.2. The molecule has 1 atom stereocenters. The van der Waals surface area contributed by atoms with E-state index in [0.717, 1.165) is 18.6 Å². The molecule has 0 aromatic heterocycles. The van der Waals surface area contributed by atoms with E-state index in [1.807, 2.05) is 30.5 Å². The van der Waals surface area contributed by atoms with Crippen molar-refractivity contribution in [3.05, 3.63) is 35.4 Å². The van der Waals surface area contributed by atoms with Gasteiger partial charge in [-0.25, -0.2) is 0 Å². The van der Waals surface area contributed by atoms with Gasteiger partial charge in [0.2, 0.25) is 5.91 Å². The Kier molecular flexibility index (Phi) is 9.92. The lowest BCUT2D eigenvalue weighted by Gasteiger charge is -2.20. The molecule has 0 radical (unpaired) electrons. The molecule has 0 aliphatic rings. The van der Waals surface area contributed by atoms with Crippen LogP contribution in [0.25, 0.3) is 0 Å². The zero-order chi connectivity index (χ0) is 20.4. The summed E-state index contributed by atoms with van der Waals surface area (Å²) in [4.78, 5) is 25.1. The Bertz CT molecular complexity index is 591. The minimum Gasteiger partial charge on any atom is -0.354 e. The predicted octanol–water partition coefficient (Wildman–Crippen LogP) is 4.39. The van der Waals surface area contributed by atoms with E-state index in [4.69, 9.17) is 0 Å². The predicted molar refractivity (Wildman–Crippen MR) is 116 cm³/mol. The Morgan fingerprint density at radius 3 is 2.22 bits per heavy atom. The summed E-state index contributed by atoms with van der Waals surface area (Å²) in [6.45, 7) is 11.4. The standard InChI is InChI=1S/C22H36N2O2S/c1-16(2)8-7-14-23-21(26)19(13-15-27-6)24-20(25)17-9-11-18(12-10-17)22(3,4)5/h9-12,16,19H,7-8,13-15H2,1-6H3,(H,23,26)(H,24,25). The van der Waals surface area contributed by atoms with Crippen LogP contribution in [0.15, 0.2) is 24.3 Å². The molecule has 2 amide bonds. The molecule has 2 N–H and O–H groups in total. The van der Waals surface area contributed by atoms with Crippen LogP contribution in [0.2, 0.25) is 0 Å². The molecule has 0 aliphatic heterocycles. The van der Waals surface area contributed by atoms with Gasteiger partial charge in [0, 0.05) is 12.1 Å². The lowest BCUT2D eigenvalue weighted by molar-refractivity contribution is -0.123. The fourth-order valence-electron chi connectivity index (χ4n) is 2.71. The van der Waals surface area contributed by atoms with Crippen molar-refractivity contribution in [2.75, 3.05) is 18.6 Å². The first-order chi connectivity index (χ1) is 12.6. The number of hydrogen-bond acceptors (Lipinski definition) is 3. The first-order valence-electron chi connectivity index (χ1n) is 9.83. The zero-order valence-electron chi connectivity index (χ0n) is 17.7. The molecule has 1 unspecified atom stereocenters. The van der Waals surface area contributed by atoms with Crippen molar-refractivity contribution in [3.8, 4) is 0 Å². The fraction of sp³-hybridized carbons (Fsp3) is 0.636. The van der Waals surface area contributed by atoms with E-state index in [1.165, 1.54) is 5.56 Å². The second-order valence-corrected chi connectivity index (χ2v) is 9.45. The van der Waals surface area contributed by atoms with Gasteiger partial charge in [-0.3, -0.25) is 9.59 Å². The van der Waals surface area contributed by atoms with Crippen LogP contribution in [0.4, 0.5) is 0 Å². The van der Waals surface area contributed by atoms with Crippen LogP contribution >= 0.6 is 11.8 Å². The van der Waals surface area contributed by atoms with Crippen LogP contribution < -0.4 is 10.6 Å². The van der Waals surface area contributed by atoms with Crippen molar-refractivity contribution in [1.29, 1.82) is 0 Å². The third kappa shape index (κ3) is 8.83. The molecule has 0 heterocycles. The maximum atomic E-state index is 12.6. The van der Waals surface area contributed by atoms with Gasteiger partial charge in [-0.05, 0) is 60.3 Å². The molecule has 152 valence electrons. The van der Waals surface area contributed by atoms with E-state index in [-0.39, 0.29) is 17.2 Å². The molecule has 5 heteroatoms. The minimum absolute atomic E-state index is 0.0474. The number of amides is 2. The Balaban J connectivity index is 2.68. The molecule has 1 aromatic rings. The van der Waals surface area contributed by atoms with Gasteiger partial charge >= 0.3 is 0 Å². The van der Waals surface area contributed by atoms with Crippen molar-refractivity contribution in [2.45, 2.75) is 65.3 Å². The van der Waals surface area contributed by atoms with Crippen molar-refractivity contribution >= 4 is 23.6 Å². The number of rotatable bonds is 10. The highest BCUT2D eigenvalue weighted by atomic mass is 32.2. The molecular weight excluding hydrogens is 356 g/mol.